The SMILES string of the molecule is CNC(=O)[C@H](Cc1ccccc1)NC(=O)[C@H](CC(C)C)NC(=O)CCC(C)=O. The number of hydrogen-bond donors (Lipinski definition) is 3. The summed E-state index contributed by atoms with van der Waals surface area (Å²) >= 11 is 0. The van der Waals surface area contributed by atoms with Crippen molar-refractivity contribution in [3.63, 3.8) is 0 Å². The minimum Gasteiger partial charge on any atom is -0.357 e. The number of rotatable bonds is 11. The molecule has 3 N–H and O–H groups in total. The molecule has 0 saturated heterocycles. The highest BCUT2D eigenvalue weighted by molar-refractivity contribution is 5.92. The smallest absolute Gasteiger partial charge is 0.243 e. The predicted octanol–water partition coefficient (Wildman–Crippen LogP) is 1.36. The summed E-state index contributed by atoms with van der Waals surface area (Å²) in [7, 11) is 1.52. The Labute approximate surface area is 166 Å². The fourth-order valence-electron chi connectivity index (χ4n) is 2.76. The molecule has 7 heteroatoms. The van der Waals surface area contributed by atoms with Crippen molar-refractivity contribution in [2.75, 3.05) is 7.05 Å². The zero-order valence-electron chi connectivity index (χ0n) is 17.1. The van der Waals surface area contributed by atoms with Gasteiger partial charge in [-0.2, -0.15) is 0 Å². The fraction of sp³-hybridized carbons (Fsp3) is 0.524. The van der Waals surface area contributed by atoms with Gasteiger partial charge in [-0.3, -0.25) is 14.4 Å². The van der Waals surface area contributed by atoms with E-state index in [0.29, 0.717) is 12.8 Å². The highest BCUT2D eigenvalue weighted by Gasteiger charge is 2.27. The maximum absolute atomic E-state index is 12.8. The van der Waals surface area contributed by atoms with Gasteiger partial charge in [0.05, 0.1) is 0 Å². The van der Waals surface area contributed by atoms with Gasteiger partial charge in [-0.15, -0.1) is 0 Å². The van der Waals surface area contributed by atoms with E-state index in [1.54, 1.807) is 0 Å². The number of amides is 3. The topological polar surface area (TPSA) is 104 Å². The van der Waals surface area contributed by atoms with Gasteiger partial charge in [-0.1, -0.05) is 44.2 Å². The van der Waals surface area contributed by atoms with E-state index in [2.05, 4.69) is 16.0 Å². The van der Waals surface area contributed by atoms with Crippen LogP contribution in [0.15, 0.2) is 30.3 Å². The molecule has 0 radical (unpaired) electrons. The van der Waals surface area contributed by atoms with Crippen molar-refractivity contribution in [1.29, 1.82) is 0 Å². The average Bonchev–Trinajstić information content (AvgIpc) is 2.65. The average molecular weight is 389 g/mol. The van der Waals surface area contributed by atoms with Crippen LogP contribution in [0.5, 0.6) is 0 Å². The molecule has 1 aromatic carbocycles. The van der Waals surface area contributed by atoms with Crippen LogP contribution >= 0.6 is 0 Å². The van der Waals surface area contributed by atoms with Crippen LogP contribution < -0.4 is 16.0 Å². The lowest BCUT2D eigenvalue weighted by Crippen LogP contribution is -2.54. The van der Waals surface area contributed by atoms with Crippen LogP contribution in [0, 0.1) is 5.92 Å². The lowest BCUT2D eigenvalue weighted by molar-refractivity contribution is -0.132. The van der Waals surface area contributed by atoms with Crippen molar-refractivity contribution in [3.8, 4) is 0 Å². The van der Waals surface area contributed by atoms with E-state index in [1.807, 2.05) is 44.2 Å². The molecular formula is C21H31N3O4. The summed E-state index contributed by atoms with van der Waals surface area (Å²) in [6.45, 7) is 5.31. The second kappa shape index (κ2) is 11.9. The molecule has 1 rings (SSSR count). The first-order valence-corrected chi connectivity index (χ1v) is 9.57. The van der Waals surface area contributed by atoms with Crippen LogP contribution in [0.1, 0.15) is 45.6 Å². The molecule has 2 atom stereocenters. The Morgan fingerprint density at radius 1 is 0.893 bits per heavy atom. The van der Waals surface area contributed by atoms with Crippen molar-refractivity contribution in [2.24, 2.45) is 5.92 Å². The minimum atomic E-state index is -0.762. The Balaban J connectivity index is 2.84. The third-order valence-electron chi connectivity index (χ3n) is 4.22. The lowest BCUT2D eigenvalue weighted by atomic mass is 10.0. The van der Waals surface area contributed by atoms with E-state index in [0.717, 1.165) is 5.56 Å². The third kappa shape index (κ3) is 8.79. The maximum atomic E-state index is 12.8. The first-order chi connectivity index (χ1) is 13.2. The van der Waals surface area contributed by atoms with E-state index in [9.17, 15) is 19.2 Å². The van der Waals surface area contributed by atoms with E-state index >= 15 is 0 Å². The summed E-state index contributed by atoms with van der Waals surface area (Å²) in [5, 5.41) is 8.02. The van der Waals surface area contributed by atoms with E-state index < -0.39 is 18.0 Å². The molecule has 1 aromatic rings. The van der Waals surface area contributed by atoms with Crippen LogP contribution in [0.3, 0.4) is 0 Å². The zero-order valence-corrected chi connectivity index (χ0v) is 17.1. The first-order valence-electron chi connectivity index (χ1n) is 9.57. The van der Waals surface area contributed by atoms with E-state index in [4.69, 9.17) is 0 Å². The van der Waals surface area contributed by atoms with Gasteiger partial charge in [0.1, 0.15) is 17.9 Å². The van der Waals surface area contributed by atoms with Crippen LogP contribution in [0.25, 0.3) is 0 Å². The second-order valence-corrected chi connectivity index (χ2v) is 7.32. The van der Waals surface area contributed by atoms with Crippen LogP contribution in [0.4, 0.5) is 0 Å². The van der Waals surface area contributed by atoms with Crippen molar-refractivity contribution < 1.29 is 19.2 Å². The molecule has 3 amide bonds. The Morgan fingerprint density at radius 2 is 1.54 bits per heavy atom. The van der Waals surface area contributed by atoms with E-state index in [1.165, 1.54) is 14.0 Å². The Kier molecular flexibility index (Phi) is 9.92. The Morgan fingerprint density at radius 3 is 2.07 bits per heavy atom. The van der Waals surface area contributed by atoms with Gasteiger partial charge in [0.2, 0.25) is 17.7 Å². The number of hydrogen-bond acceptors (Lipinski definition) is 4. The van der Waals surface area contributed by atoms with Crippen LogP contribution in [0.2, 0.25) is 0 Å². The standard InChI is InChI=1S/C21H31N3O4/c1-14(2)12-17(23-19(26)11-10-15(3)25)21(28)24-18(20(27)22-4)13-16-8-6-5-7-9-16/h5-9,14,17-18H,10-13H2,1-4H3,(H,22,27)(H,23,26)(H,24,28)/t17-,18-/m0/s1. The summed E-state index contributed by atoms with van der Waals surface area (Å²) in [5.74, 6) is -0.979. The molecule has 154 valence electrons. The van der Waals surface area contributed by atoms with Gasteiger partial charge in [0.25, 0.3) is 0 Å². The molecule has 0 heterocycles. The monoisotopic (exact) mass is 389 g/mol. The third-order valence-corrected chi connectivity index (χ3v) is 4.22. The molecule has 28 heavy (non-hydrogen) atoms. The number of ketones is 1. The van der Waals surface area contributed by atoms with Crippen molar-refractivity contribution in [3.05, 3.63) is 35.9 Å². The number of carbonyl (C=O) groups excluding carboxylic acids is 4. The molecule has 0 aliphatic heterocycles. The number of likely N-dealkylation sites (N-methyl/N-ethyl adjacent to an activating group) is 1. The number of nitrogens with one attached hydrogen (secondary N) is 3. The fourth-order valence-corrected chi connectivity index (χ4v) is 2.76. The molecular weight excluding hydrogens is 358 g/mol. The molecule has 0 saturated carbocycles. The Hall–Kier alpha value is -2.70. The summed E-state index contributed by atoms with van der Waals surface area (Å²) < 4.78 is 0. The summed E-state index contributed by atoms with van der Waals surface area (Å²) in [6.07, 6.45) is 0.958. The quantitative estimate of drug-likeness (QED) is 0.531. The van der Waals surface area contributed by atoms with Crippen molar-refractivity contribution in [2.45, 2.75) is 58.5 Å². The number of benzene rings is 1. The molecule has 0 fully saturated rings. The van der Waals surface area contributed by atoms with Crippen molar-refractivity contribution >= 4 is 23.5 Å². The highest BCUT2D eigenvalue weighted by Crippen LogP contribution is 2.08. The number of Topliss-reactive ketones (excluding diaryl/α,β-unsaturated/α-hetero) is 1. The second-order valence-electron chi connectivity index (χ2n) is 7.32. The van der Waals surface area contributed by atoms with Crippen molar-refractivity contribution in [1.82, 2.24) is 16.0 Å². The maximum Gasteiger partial charge on any atom is 0.243 e. The molecule has 0 unspecified atom stereocenters. The largest absolute Gasteiger partial charge is 0.357 e. The first kappa shape index (κ1) is 23.3. The highest BCUT2D eigenvalue weighted by atomic mass is 16.2. The normalized spacial score (nSPS) is 12.8. The Bertz CT molecular complexity index is 673. The molecule has 0 bridgehead atoms. The molecule has 7 nitrogen and oxygen atoms in total. The zero-order chi connectivity index (χ0) is 21.1. The van der Waals surface area contributed by atoms with Gasteiger partial charge >= 0.3 is 0 Å². The molecule has 0 aliphatic rings. The summed E-state index contributed by atoms with van der Waals surface area (Å²) in [6, 6.07) is 7.89. The summed E-state index contributed by atoms with van der Waals surface area (Å²) in [5.41, 5.74) is 0.919. The minimum absolute atomic E-state index is 0.0418. The molecule has 0 aromatic heterocycles. The lowest BCUT2D eigenvalue weighted by Gasteiger charge is -2.24. The van der Waals surface area contributed by atoms with Gasteiger partial charge in [-0.05, 0) is 24.8 Å². The van der Waals surface area contributed by atoms with E-state index in [-0.39, 0.29) is 36.4 Å². The van der Waals surface area contributed by atoms with Gasteiger partial charge < -0.3 is 20.7 Å². The predicted molar refractivity (Wildman–Crippen MR) is 107 cm³/mol. The van der Waals surface area contributed by atoms with Crippen LogP contribution in [-0.2, 0) is 25.6 Å². The van der Waals surface area contributed by atoms with Gasteiger partial charge in [-0.25, -0.2) is 0 Å². The van der Waals surface area contributed by atoms with Gasteiger partial charge in [0.15, 0.2) is 0 Å². The summed E-state index contributed by atoms with van der Waals surface area (Å²) in [4.78, 5) is 48.2. The number of carbonyl (C=O) groups is 4. The van der Waals surface area contributed by atoms with Gasteiger partial charge in [0, 0.05) is 26.3 Å². The molecule has 0 aliphatic carbocycles. The van der Waals surface area contributed by atoms with Crippen LogP contribution in [-0.4, -0.2) is 42.6 Å². The molecule has 0 spiro atoms.